The molecule has 53 valence electrons. The van der Waals surface area contributed by atoms with Gasteiger partial charge in [-0.25, -0.2) is 0 Å². The number of rotatable bonds is 2. The molecule has 0 aromatic rings. The van der Waals surface area contributed by atoms with Crippen LogP contribution in [-0.2, 0) is 0 Å². The molecule has 0 nitrogen and oxygen atoms in total. The van der Waals surface area contributed by atoms with Crippen LogP contribution in [0.15, 0.2) is 0 Å². The molecule has 1 unspecified atom stereocenters. The lowest BCUT2D eigenvalue weighted by Gasteiger charge is -2.33. The fourth-order valence-electron chi connectivity index (χ4n) is 1.41. The second kappa shape index (κ2) is 2.72. The van der Waals surface area contributed by atoms with Crippen LogP contribution in [0.25, 0.3) is 0 Å². The first-order valence-electron chi connectivity index (χ1n) is 4.02. The van der Waals surface area contributed by atoms with Crippen molar-refractivity contribution in [2.24, 2.45) is 11.8 Å². The molecule has 1 fully saturated rings. The highest BCUT2D eigenvalue weighted by atomic mass is 14.3. The zero-order valence-corrected chi connectivity index (χ0v) is 6.78. The molecular formula is C9H17. The zero-order chi connectivity index (χ0) is 6.85. The summed E-state index contributed by atoms with van der Waals surface area (Å²) in [6.07, 6.45) is 4.43. The highest BCUT2D eigenvalue weighted by Crippen LogP contribution is 2.37. The maximum Gasteiger partial charge on any atom is -0.0272 e. The molecule has 0 heteroatoms. The Morgan fingerprint density at radius 1 is 1.33 bits per heavy atom. The van der Waals surface area contributed by atoms with E-state index in [4.69, 9.17) is 0 Å². The molecule has 1 saturated carbocycles. The molecule has 0 aromatic heterocycles. The van der Waals surface area contributed by atoms with Gasteiger partial charge in [0.2, 0.25) is 0 Å². The number of hydrogen-bond donors (Lipinski definition) is 0. The molecule has 1 radical (unpaired) electrons. The van der Waals surface area contributed by atoms with Crippen molar-refractivity contribution in [3.8, 4) is 0 Å². The Kier molecular flexibility index (Phi) is 2.15. The molecule has 0 aromatic carbocycles. The molecule has 1 aliphatic carbocycles. The first kappa shape index (κ1) is 7.11. The highest BCUT2D eigenvalue weighted by molar-refractivity contribution is 4.91. The second-order valence-corrected chi connectivity index (χ2v) is 3.56. The van der Waals surface area contributed by atoms with Crippen LogP contribution in [0.4, 0.5) is 0 Å². The summed E-state index contributed by atoms with van der Waals surface area (Å²) in [6.45, 7) is 6.87. The third-order valence-electron chi connectivity index (χ3n) is 2.77. The summed E-state index contributed by atoms with van der Waals surface area (Å²) in [5, 5.41) is 0. The molecule has 0 N–H and O–H groups in total. The molecule has 1 aliphatic rings. The monoisotopic (exact) mass is 125 g/mol. The molecule has 0 spiro atoms. The van der Waals surface area contributed by atoms with Crippen LogP contribution < -0.4 is 0 Å². The molecular weight excluding hydrogens is 108 g/mol. The minimum atomic E-state index is 0.888. The van der Waals surface area contributed by atoms with E-state index >= 15 is 0 Å². The largest absolute Gasteiger partial charge is 0.0617 e. The van der Waals surface area contributed by atoms with Crippen LogP contribution in [-0.4, -0.2) is 0 Å². The highest BCUT2D eigenvalue weighted by Gasteiger charge is 2.25. The lowest BCUT2D eigenvalue weighted by molar-refractivity contribution is 0.230. The molecule has 0 amide bonds. The van der Waals surface area contributed by atoms with E-state index in [2.05, 4.69) is 20.8 Å². The van der Waals surface area contributed by atoms with Gasteiger partial charge in [-0.1, -0.05) is 40.0 Å². The lowest BCUT2D eigenvalue weighted by Crippen LogP contribution is -2.22. The van der Waals surface area contributed by atoms with Crippen molar-refractivity contribution in [1.29, 1.82) is 0 Å². The Morgan fingerprint density at radius 3 is 2.00 bits per heavy atom. The summed E-state index contributed by atoms with van der Waals surface area (Å²) < 4.78 is 0. The minimum absolute atomic E-state index is 0.888. The summed E-state index contributed by atoms with van der Waals surface area (Å²) in [5.74, 6) is 3.54. The summed E-state index contributed by atoms with van der Waals surface area (Å²) in [4.78, 5) is 0. The standard InChI is InChI=1S/C9H17/c1-7(2)8(3)9-5-4-6-9/h8-9H,4-6H2,1-3H3. The first-order valence-corrected chi connectivity index (χ1v) is 4.02. The van der Waals surface area contributed by atoms with E-state index in [1.807, 2.05) is 0 Å². The van der Waals surface area contributed by atoms with Gasteiger partial charge in [-0.3, -0.25) is 0 Å². The lowest BCUT2D eigenvalue weighted by atomic mass is 9.72. The van der Waals surface area contributed by atoms with E-state index in [0.29, 0.717) is 0 Å². The zero-order valence-electron chi connectivity index (χ0n) is 6.78. The SMILES string of the molecule is C[C](C)C(C)C1CCC1. The van der Waals surface area contributed by atoms with Crippen molar-refractivity contribution < 1.29 is 0 Å². The maximum absolute atomic E-state index is 2.36. The summed E-state index contributed by atoms with van der Waals surface area (Å²) in [5.41, 5.74) is 0. The third kappa shape index (κ3) is 1.47. The van der Waals surface area contributed by atoms with Crippen LogP contribution in [0.1, 0.15) is 40.0 Å². The first-order chi connectivity index (χ1) is 4.22. The second-order valence-electron chi connectivity index (χ2n) is 3.56. The van der Waals surface area contributed by atoms with Gasteiger partial charge < -0.3 is 0 Å². The van der Waals surface area contributed by atoms with Gasteiger partial charge in [0, 0.05) is 0 Å². The van der Waals surface area contributed by atoms with Crippen LogP contribution >= 0.6 is 0 Å². The van der Waals surface area contributed by atoms with Gasteiger partial charge in [0.15, 0.2) is 0 Å². The van der Waals surface area contributed by atoms with Gasteiger partial charge in [-0.05, 0) is 17.8 Å². The smallest absolute Gasteiger partial charge is 0.0272 e. The van der Waals surface area contributed by atoms with Gasteiger partial charge in [0.05, 0.1) is 0 Å². The van der Waals surface area contributed by atoms with E-state index in [1.165, 1.54) is 19.3 Å². The summed E-state index contributed by atoms with van der Waals surface area (Å²) in [6, 6.07) is 0. The van der Waals surface area contributed by atoms with Crippen LogP contribution in [0.2, 0.25) is 0 Å². The molecule has 9 heavy (non-hydrogen) atoms. The predicted molar refractivity (Wildman–Crippen MR) is 41.1 cm³/mol. The van der Waals surface area contributed by atoms with Crippen molar-refractivity contribution in [3.63, 3.8) is 0 Å². The van der Waals surface area contributed by atoms with Crippen molar-refractivity contribution in [2.45, 2.75) is 40.0 Å². The van der Waals surface area contributed by atoms with Gasteiger partial charge in [0.1, 0.15) is 0 Å². The van der Waals surface area contributed by atoms with E-state index in [9.17, 15) is 0 Å². The van der Waals surface area contributed by atoms with Crippen molar-refractivity contribution >= 4 is 0 Å². The number of hydrogen-bond acceptors (Lipinski definition) is 0. The summed E-state index contributed by atoms with van der Waals surface area (Å²) >= 11 is 0. The maximum atomic E-state index is 2.36. The Labute approximate surface area is 58.7 Å². The van der Waals surface area contributed by atoms with E-state index in [-0.39, 0.29) is 0 Å². The fraction of sp³-hybridized carbons (Fsp3) is 0.889. The minimum Gasteiger partial charge on any atom is -0.0617 e. The average molecular weight is 125 g/mol. The molecule has 0 aliphatic heterocycles. The molecule has 0 saturated heterocycles. The Morgan fingerprint density at radius 2 is 1.89 bits per heavy atom. The van der Waals surface area contributed by atoms with E-state index in [0.717, 1.165) is 11.8 Å². The Balaban J connectivity index is 2.23. The Hall–Kier alpha value is 0. The Bertz CT molecular complexity index is 80.0. The quantitative estimate of drug-likeness (QED) is 0.532. The molecule has 0 bridgehead atoms. The van der Waals surface area contributed by atoms with Crippen LogP contribution in [0.3, 0.4) is 0 Å². The van der Waals surface area contributed by atoms with Gasteiger partial charge in [-0.15, -0.1) is 0 Å². The normalized spacial score (nSPS) is 24.0. The molecule has 0 heterocycles. The van der Waals surface area contributed by atoms with Crippen LogP contribution in [0, 0.1) is 17.8 Å². The van der Waals surface area contributed by atoms with E-state index in [1.54, 1.807) is 5.92 Å². The average Bonchev–Trinajstić information content (AvgIpc) is 1.60. The van der Waals surface area contributed by atoms with Crippen molar-refractivity contribution in [1.82, 2.24) is 0 Å². The van der Waals surface area contributed by atoms with Crippen LogP contribution in [0.5, 0.6) is 0 Å². The van der Waals surface area contributed by atoms with Crippen molar-refractivity contribution in [3.05, 3.63) is 5.92 Å². The topological polar surface area (TPSA) is 0 Å². The van der Waals surface area contributed by atoms with Crippen molar-refractivity contribution in [2.75, 3.05) is 0 Å². The molecule has 1 rings (SSSR count). The fourth-order valence-corrected chi connectivity index (χ4v) is 1.41. The predicted octanol–water partition coefficient (Wildman–Crippen LogP) is 3.04. The molecule has 1 atom stereocenters. The van der Waals surface area contributed by atoms with Gasteiger partial charge in [-0.2, -0.15) is 0 Å². The van der Waals surface area contributed by atoms with Gasteiger partial charge in [0.25, 0.3) is 0 Å². The third-order valence-corrected chi connectivity index (χ3v) is 2.77. The van der Waals surface area contributed by atoms with Gasteiger partial charge >= 0.3 is 0 Å². The van der Waals surface area contributed by atoms with E-state index < -0.39 is 0 Å². The summed E-state index contributed by atoms with van der Waals surface area (Å²) in [7, 11) is 0.